The van der Waals surface area contributed by atoms with Crippen molar-refractivity contribution in [1.29, 1.82) is 0 Å². The number of fused-ring (bicyclic) bond motifs is 1. The van der Waals surface area contributed by atoms with Crippen molar-refractivity contribution in [2.75, 3.05) is 26.3 Å². The molecule has 5 nitrogen and oxygen atoms in total. The molecule has 0 spiro atoms. The molecule has 0 radical (unpaired) electrons. The minimum absolute atomic E-state index is 0.284. The Kier molecular flexibility index (Phi) is 5.30. The molecule has 2 aromatic heterocycles. The average Bonchev–Trinajstić information content (AvgIpc) is 3.41. The van der Waals surface area contributed by atoms with Gasteiger partial charge in [0.05, 0.1) is 24.1 Å². The Labute approximate surface area is 177 Å². The zero-order chi connectivity index (χ0) is 20.4. The van der Waals surface area contributed by atoms with Crippen LogP contribution >= 0.6 is 0 Å². The van der Waals surface area contributed by atoms with Crippen molar-refractivity contribution in [1.82, 2.24) is 14.5 Å². The van der Waals surface area contributed by atoms with Crippen molar-refractivity contribution >= 4 is 11.4 Å². The molecule has 1 aromatic carbocycles. The smallest absolute Gasteiger partial charge is 0.233 e. The average molecular weight is 404 g/mol. The van der Waals surface area contributed by atoms with Crippen LogP contribution in [0.25, 0.3) is 5.52 Å². The summed E-state index contributed by atoms with van der Waals surface area (Å²) in [7, 11) is 0. The van der Waals surface area contributed by atoms with E-state index in [-0.39, 0.29) is 11.3 Å². The normalized spacial score (nSPS) is 21.6. The van der Waals surface area contributed by atoms with Gasteiger partial charge in [0.1, 0.15) is 0 Å². The summed E-state index contributed by atoms with van der Waals surface area (Å²) >= 11 is 0. The molecule has 0 N–H and O–H groups in total. The number of pyridine rings is 1. The minimum Gasteiger partial charge on any atom is -0.379 e. The lowest BCUT2D eigenvalue weighted by molar-refractivity contribution is -0.137. The van der Waals surface area contributed by atoms with E-state index in [1.807, 2.05) is 29.0 Å². The number of hydrogen-bond acceptors (Lipinski definition) is 3. The summed E-state index contributed by atoms with van der Waals surface area (Å²) < 4.78 is 7.85. The van der Waals surface area contributed by atoms with Crippen molar-refractivity contribution in [3.8, 4) is 0 Å². The molecule has 5 rings (SSSR count). The molecule has 0 bridgehead atoms. The fraction of sp³-hybridized carbons (Fsp3) is 0.440. The Morgan fingerprint density at radius 3 is 2.77 bits per heavy atom. The second-order valence-electron chi connectivity index (χ2n) is 8.75. The minimum atomic E-state index is -0.360. The van der Waals surface area contributed by atoms with Gasteiger partial charge in [-0.2, -0.15) is 5.10 Å². The van der Waals surface area contributed by atoms with Gasteiger partial charge in [0.15, 0.2) is 0 Å². The fourth-order valence-corrected chi connectivity index (χ4v) is 5.35. The highest BCUT2D eigenvalue weighted by Gasteiger charge is 2.45. The van der Waals surface area contributed by atoms with Gasteiger partial charge >= 0.3 is 0 Å². The third-order valence-corrected chi connectivity index (χ3v) is 6.85. The molecule has 1 saturated carbocycles. The summed E-state index contributed by atoms with van der Waals surface area (Å²) in [5.74, 6) is 0.580. The lowest BCUT2D eigenvalue weighted by Gasteiger charge is -2.35. The van der Waals surface area contributed by atoms with Gasteiger partial charge in [-0.3, -0.25) is 4.79 Å². The second kappa shape index (κ2) is 8.23. The molecule has 2 aliphatic rings. The van der Waals surface area contributed by atoms with Crippen molar-refractivity contribution in [3.63, 3.8) is 0 Å². The van der Waals surface area contributed by atoms with E-state index in [0.717, 1.165) is 44.2 Å². The van der Waals surface area contributed by atoms with Gasteiger partial charge in [0, 0.05) is 31.4 Å². The van der Waals surface area contributed by atoms with Crippen LogP contribution in [0.1, 0.15) is 36.8 Å². The van der Waals surface area contributed by atoms with E-state index < -0.39 is 0 Å². The molecule has 1 amide bonds. The molecule has 1 aliphatic heterocycles. The fourth-order valence-electron chi connectivity index (χ4n) is 5.35. The van der Waals surface area contributed by atoms with E-state index in [1.54, 1.807) is 0 Å². The largest absolute Gasteiger partial charge is 0.379 e. The van der Waals surface area contributed by atoms with Gasteiger partial charge < -0.3 is 9.64 Å². The number of ether oxygens (including phenoxy) is 1. The molecule has 3 heterocycles. The van der Waals surface area contributed by atoms with Gasteiger partial charge in [0.25, 0.3) is 0 Å². The molecular weight excluding hydrogens is 374 g/mol. The highest BCUT2D eigenvalue weighted by Crippen LogP contribution is 2.43. The highest BCUT2D eigenvalue weighted by molar-refractivity contribution is 5.88. The lowest BCUT2D eigenvalue weighted by atomic mass is 9.77. The van der Waals surface area contributed by atoms with Crippen molar-refractivity contribution in [3.05, 3.63) is 72.1 Å². The Morgan fingerprint density at radius 1 is 1.10 bits per heavy atom. The van der Waals surface area contributed by atoms with Gasteiger partial charge in [0.2, 0.25) is 5.91 Å². The second-order valence-corrected chi connectivity index (χ2v) is 8.75. The standard InChI is InChI=1S/C25H29N3O2/c29-24(25(11-4-5-12-25)22-8-2-1-3-9-22)27-15-16-30-19-20(18-27)17-21-7-6-14-28-23(21)10-13-26-28/h1-3,6-10,13-14,20H,4-5,11-12,15-19H2/t20-/m0/s1. The summed E-state index contributed by atoms with van der Waals surface area (Å²) in [6.45, 7) is 2.74. The molecule has 156 valence electrons. The predicted octanol–water partition coefficient (Wildman–Crippen LogP) is 3.86. The number of hydrogen-bond donors (Lipinski definition) is 0. The Balaban J connectivity index is 1.39. The van der Waals surface area contributed by atoms with E-state index >= 15 is 0 Å². The summed E-state index contributed by atoms with van der Waals surface area (Å²) in [4.78, 5) is 16.0. The molecule has 1 atom stereocenters. The Morgan fingerprint density at radius 2 is 1.93 bits per heavy atom. The number of benzene rings is 1. The number of carbonyl (C=O) groups excluding carboxylic acids is 1. The van der Waals surface area contributed by atoms with Gasteiger partial charge in [-0.25, -0.2) is 4.52 Å². The van der Waals surface area contributed by atoms with E-state index in [4.69, 9.17) is 4.74 Å². The summed E-state index contributed by atoms with van der Waals surface area (Å²) in [5, 5.41) is 4.35. The third-order valence-electron chi connectivity index (χ3n) is 6.85. The first-order chi connectivity index (χ1) is 14.8. The number of nitrogens with zero attached hydrogens (tertiary/aromatic N) is 3. The molecule has 30 heavy (non-hydrogen) atoms. The summed E-state index contributed by atoms with van der Waals surface area (Å²) in [6, 6.07) is 16.7. The Bertz CT molecular complexity index is 1010. The maximum absolute atomic E-state index is 13.9. The molecule has 3 aromatic rings. The molecule has 5 heteroatoms. The highest BCUT2D eigenvalue weighted by atomic mass is 16.5. The zero-order valence-corrected chi connectivity index (χ0v) is 17.4. The third kappa shape index (κ3) is 3.52. The van der Waals surface area contributed by atoms with Crippen LogP contribution < -0.4 is 0 Å². The molecule has 2 fully saturated rings. The number of aromatic nitrogens is 2. The molecule has 1 saturated heterocycles. The van der Waals surface area contributed by atoms with Gasteiger partial charge in [-0.15, -0.1) is 0 Å². The van der Waals surface area contributed by atoms with Crippen LogP contribution in [0.2, 0.25) is 0 Å². The maximum atomic E-state index is 13.9. The van der Waals surface area contributed by atoms with E-state index in [9.17, 15) is 4.79 Å². The van der Waals surface area contributed by atoms with Crippen LogP contribution in [0.5, 0.6) is 0 Å². The van der Waals surface area contributed by atoms with Crippen LogP contribution in [-0.4, -0.2) is 46.7 Å². The summed E-state index contributed by atoms with van der Waals surface area (Å²) in [6.07, 6.45) is 8.84. The Hall–Kier alpha value is -2.66. The molecular formula is C25H29N3O2. The summed E-state index contributed by atoms with van der Waals surface area (Å²) in [5.41, 5.74) is 3.22. The van der Waals surface area contributed by atoms with E-state index in [0.29, 0.717) is 25.7 Å². The van der Waals surface area contributed by atoms with Crippen molar-refractivity contribution in [2.45, 2.75) is 37.5 Å². The quantitative estimate of drug-likeness (QED) is 0.665. The molecule has 1 aliphatic carbocycles. The predicted molar refractivity (Wildman–Crippen MR) is 116 cm³/mol. The monoisotopic (exact) mass is 403 g/mol. The van der Waals surface area contributed by atoms with Crippen LogP contribution in [0.4, 0.5) is 0 Å². The SMILES string of the molecule is O=C(N1CCOC[C@@H](Cc2cccn3nccc23)C1)C1(c2ccccc2)CCCC1. The van der Waals surface area contributed by atoms with Crippen LogP contribution in [0.3, 0.4) is 0 Å². The first kappa shape index (κ1) is 19.3. The topological polar surface area (TPSA) is 46.8 Å². The number of rotatable bonds is 4. The van der Waals surface area contributed by atoms with Crippen LogP contribution in [0, 0.1) is 5.92 Å². The van der Waals surface area contributed by atoms with Gasteiger partial charge in [-0.1, -0.05) is 49.2 Å². The van der Waals surface area contributed by atoms with Crippen molar-refractivity contribution < 1.29 is 9.53 Å². The van der Waals surface area contributed by atoms with E-state index in [2.05, 4.69) is 46.4 Å². The first-order valence-electron chi connectivity index (χ1n) is 11.1. The lowest BCUT2D eigenvalue weighted by Crippen LogP contribution is -2.47. The maximum Gasteiger partial charge on any atom is 0.233 e. The van der Waals surface area contributed by atoms with Crippen molar-refractivity contribution in [2.24, 2.45) is 5.92 Å². The first-order valence-corrected chi connectivity index (χ1v) is 11.1. The molecule has 0 unspecified atom stereocenters. The number of amides is 1. The zero-order valence-electron chi connectivity index (χ0n) is 17.4. The van der Waals surface area contributed by atoms with Crippen LogP contribution in [0.15, 0.2) is 60.9 Å². The van der Waals surface area contributed by atoms with Crippen LogP contribution in [-0.2, 0) is 21.4 Å². The number of carbonyl (C=O) groups is 1. The van der Waals surface area contributed by atoms with Gasteiger partial charge in [-0.05, 0) is 42.5 Å². The van der Waals surface area contributed by atoms with E-state index in [1.165, 1.54) is 11.1 Å².